The fraction of sp³-hybridized carbons (Fsp3) is 0.375. The van der Waals surface area contributed by atoms with Crippen molar-refractivity contribution in [2.75, 3.05) is 18.0 Å². The van der Waals surface area contributed by atoms with E-state index in [1.807, 2.05) is 0 Å². The summed E-state index contributed by atoms with van der Waals surface area (Å²) in [5, 5.41) is 5.60. The van der Waals surface area contributed by atoms with Gasteiger partial charge in [0.2, 0.25) is 5.95 Å². The molecule has 0 radical (unpaired) electrons. The molecule has 2 N–H and O–H groups in total. The topological polar surface area (TPSA) is 55.0 Å². The van der Waals surface area contributed by atoms with E-state index in [1.54, 1.807) is 0 Å². The minimum absolute atomic E-state index is 0.911. The molecule has 0 bridgehead atoms. The van der Waals surface area contributed by atoms with Gasteiger partial charge < -0.3 is 4.90 Å². The van der Waals surface area contributed by atoms with Gasteiger partial charge in [0.25, 0.3) is 0 Å². The number of anilines is 1. The van der Waals surface area contributed by atoms with Crippen molar-refractivity contribution in [3.8, 4) is 11.3 Å². The van der Waals surface area contributed by atoms with Gasteiger partial charge in [-0.1, -0.05) is 12.1 Å². The van der Waals surface area contributed by atoms with Crippen LogP contribution in [-0.2, 0) is 12.8 Å². The first-order chi connectivity index (χ1) is 10.3. The van der Waals surface area contributed by atoms with Gasteiger partial charge in [-0.2, -0.15) is 0 Å². The summed E-state index contributed by atoms with van der Waals surface area (Å²) in [6.07, 6.45) is 4.62. The highest BCUT2D eigenvalue weighted by Crippen LogP contribution is 2.33. The van der Waals surface area contributed by atoms with Gasteiger partial charge in [-0.15, -0.1) is 0 Å². The highest BCUT2D eigenvalue weighted by atomic mass is 32.2. The normalized spacial score (nSPS) is 16.7. The van der Waals surface area contributed by atoms with Crippen LogP contribution in [0.2, 0.25) is 0 Å². The maximum absolute atomic E-state index is 5.60. The molecule has 108 valence electrons. The number of hydrogen-bond donors (Lipinski definition) is 1. The average Bonchev–Trinajstić information content (AvgIpc) is 2.93. The fourth-order valence-electron chi connectivity index (χ4n) is 3.01. The average molecular weight is 298 g/mol. The van der Waals surface area contributed by atoms with Gasteiger partial charge in [-0.25, -0.2) is 9.97 Å². The van der Waals surface area contributed by atoms with E-state index < -0.39 is 0 Å². The summed E-state index contributed by atoms with van der Waals surface area (Å²) in [7, 11) is 0. The summed E-state index contributed by atoms with van der Waals surface area (Å²) in [5.41, 5.74) is 4.88. The number of aryl methyl sites for hydroxylation is 1. The van der Waals surface area contributed by atoms with Crippen LogP contribution in [0.15, 0.2) is 29.2 Å². The van der Waals surface area contributed by atoms with E-state index in [-0.39, 0.29) is 0 Å². The van der Waals surface area contributed by atoms with Gasteiger partial charge >= 0.3 is 0 Å². The van der Waals surface area contributed by atoms with Crippen LogP contribution in [0.3, 0.4) is 0 Å². The van der Waals surface area contributed by atoms with Crippen LogP contribution in [0.1, 0.15) is 24.1 Å². The van der Waals surface area contributed by atoms with E-state index in [9.17, 15) is 0 Å². The summed E-state index contributed by atoms with van der Waals surface area (Å²) in [4.78, 5) is 13.0. The Morgan fingerprint density at radius 1 is 1.00 bits per heavy atom. The predicted molar refractivity (Wildman–Crippen MR) is 86.4 cm³/mol. The number of benzene rings is 1. The molecule has 4 rings (SSSR count). The molecule has 1 aliphatic carbocycles. The molecule has 2 heterocycles. The SMILES string of the molecule is NSc1ccc(-c2nc(N3CCC3)nc3c2CCC3)cc1. The Labute approximate surface area is 128 Å². The molecule has 2 aliphatic rings. The lowest BCUT2D eigenvalue weighted by molar-refractivity contribution is 0.599. The van der Waals surface area contributed by atoms with Crippen molar-refractivity contribution in [3.63, 3.8) is 0 Å². The number of fused-ring (bicyclic) bond motifs is 1. The lowest BCUT2D eigenvalue weighted by Crippen LogP contribution is -2.38. The number of aromatic nitrogens is 2. The summed E-state index contributed by atoms with van der Waals surface area (Å²) in [6, 6.07) is 8.37. The summed E-state index contributed by atoms with van der Waals surface area (Å²) in [5.74, 6) is 0.911. The number of nitrogens with two attached hydrogens (primary N) is 1. The molecule has 2 aromatic rings. The number of hydrogen-bond acceptors (Lipinski definition) is 5. The molecule has 0 amide bonds. The summed E-state index contributed by atoms with van der Waals surface area (Å²) in [6.45, 7) is 2.17. The van der Waals surface area contributed by atoms with E-state index >= 15 is 0 Å². The van der Waals surface area contributed by atoms with Crippen molar-refractivity contribution in [3.05, 3.63) is 35.5 Å². The second-order valence-electron chi connectivity index (χ2n) is 5.63. The molecule has 21 heavy (non-hydrogen) atoms. The molecule has 4 nitrogen and oxygen atoms in total. The number of rotatable bonds is 3. The first-order valence-corrected chi connectivity index (χ1v) is 8.35. The number of nitrogens with zero attached hydrogens (tertiary/aromatic N) is 3. The maximum Gasteiger partial charge on any atom is 0.226 e. The van der Waals surface area contributed by atoms with Gasteiger partial charge in [0.15, 0.2) is 0 Å². The molecule has 1 aromatic carbocycles. The van der Waals surface area contributed by atoms with Crippen molar-refractivity contribution in [2.45, 2.75) is 30.6 Å². The molecule has 1 aromatic heterocycles. The first-order valence-electron chi connectivity index (χ1n) is 7.47. The maximum atomic E-state index is 5.60. The second-order valence-corrected chi connectivity index (χ2v) is 6.34. The lowest BCUT2D eigenvalue weighted by Gasteiger charge is -2.31. The van der Waals surface area contributed by atoms with Gasteiger partial charge in [0, 0.05) is 34.8 Å². The van der Waals surface area contributed by atoms with Crippen LogP contribution in [0.4, 0.5) is 5.95 Å². The Bertz CT molecular complexity index is 665. The minimum atomic E-state index is 0.911. The highest BCUT2D eigenvalue weighted by molar-refractivity contribution is 7.97. The monoisotopic (exact) mass is 298 g/mol. The van der Waals surface area contributed by atoms with Gasteiger partial charge in [0.05, 0.1) is 5.69 Å². The summed E-state index contributed by atoms with van der Waals surface area (Å²) >= 11 is 1.28. The van der Waals surface area contributed by atoms with Crippen LogP contribution >= 0.6 is 11.9 Å². The van der Waals surface area contributed by atoms with E-state index in [4.69, 9.17) is 15.1 Å². The Balaban J connectivity index is 1.80. The van der Waals surface area contributed by atoms with Crippen molar-refractivity contribution < 1.29 is 0 Å². The molecular weight excluding hydrogens is 280 g/mol. The zero-order valence-corrected chi connectivity index (χ0v) is 12.7. The van der Waals surface area contributed by atoms with Gasteiger partial charge in [0.1, 0.15) is 0 Å². The molecule has 0 spiro atoms. The first kappa shape index (κ1) is 13.1. The van der Waals surface area contributed by atoms with Crippen LogP contribution < -0.4 is 10.0 Å². The Hall–Kier alpha value is -1.59. The molecule has 1 fully saturated rings. The Morgan fingerprint density at radius 3 is 2.48 bits per heavy atom. The third-order valence-corrected chi connectivity index (χ3v) is 4.87. The molecule has 5 heteroatoms. The van der Waals surface area contributed by atoms with E-state index in [0.717, 1.165) is 42.5 Å². The molecule has 0 atom stereocenters. The zero-order valence-electron chi connectivity index (χ0n) is 11.9. The van der Waals surface area contributed by atoms with Crippen molar-refractivity contribution in [1.82, 2.24) is 9.97 Å². The molecule has 0 saturated carbocycles. The van der Waals surface area contributed by atoms with Crippen LogP contribution in [0, 0.1) is 0 Å². The van der Waals surface area contributed by atoms with Gasteiger partial charge in [-0.05, 0) is 49.8 Å². The van der Waals surface area contributed by atoms with Crippen molar-refractivity contribution >= 4 is 17.9 Å². The largest absolute Gasteiger partial charge is 0.341 e. The molecular formula is C16H18N4S. The zero-order chi connectivity index (χ0) is 14.2. The van der Waals surface area contributed by atoms with E-state index in [1.165, 1.54) is 41.6 Å². The van der Waals surface area contributed by atoms with E-state index in [0.29, 0.717) is 0 Å². The highest BCUT2D eigenvalue weighted by Gasteiger charge is 2.24. The predicted octanol–water partition coefficient (Wildman–Crippen LogP) is 2.81. The van der Waals surface area contributed by atoms with Gasteiger partial charge in [-0.3, -0.25) is 5.14 Å². The standard InChI is InChI=1S/C16H18N4S/c17-21-12-7-5-11(6-8-12)15-13-3-1-4-14(13)18-16(19-15)20-9-2-10-20/h5-8H,1-4,9-10,17H2. The van der Waals surface area contributed by atoms with Crippen molar-refractivity contribution in [1.29, 1.82) is 0 Å². The molecule has 1 saturated heterocycles. The van der Waals surface area contributed by atoms with Crippen LogP contribution in [0.25, 0.3) is 11.3 Å². The molecule has 1 aliphatic heterocycles. The molecule has 0 unspecified atom stereocenters. The second kappa shape index (κ2) is 5.31. The summed E-state index contributed by atoms with van der Waals surface area (Å²) < 4.78 is 0. The Morgan fingerprint density at radius 2 is 1.81 bits per heavy atom. The quantitative estimate of drug-likeness (QED) is 0.883. The Kier molecular flexibility index (Phi) is 3.31. The van der Waals surface area contributed by atoms with Crippen LogP contribution in [-0.4, -0.2) is 23.1 Å². The smallest absolute Gasteiger partial charge is 0.226 e. The minimum Gasteiger partial charge on any atom is -0.341 e. The lowest BCUT2D eigenvalue weighted by atomic mass is 10.1. The fourth-order valence-corrected chi connectivity index (χ4v) is 3.30. The van der Waals surface area contributed by atoms with Crippen molar-refractivity contribution in [2.24, 2.45) is 5.14 Å². The third-order valence-electron chi connectivity index (χ3n) is 4.32. The van der Waals surface area contributed by atoms with E-state index in [2.05, 4.69) is 29.2 Å². The van der Waals surface area contributed by atoms with Crippen LogP contribution in [0.5, 0.6) is 0 Å². The third kappa shape index (κ3) is 2.30.